The van der Waals surface area contributed by atoms with Crippen LogP contribution in [0.3, 0.4) is 0 Å². The van der Waals surface area contributed by atoms with Gasteiger partial charge < -0.3 is 10.2 Å². The van der Waals surface area contributed by atoms with Crippen LogP contribution in [0.1, 0.15) is 40.5 Å². The Kier molecular flexibility index (Phi) is 4.51. The summed E-state index contributed by atoms with van der Waals surface area (Å²) in [5.41, 5.74) is -0.748. The minimum Gasteiger partial charge on any atom is -0.390 e. The summed E-state index contributed by atoms with van der Waals surface area (Å²) in [5.74, 6) is -0.0553. The highest BCUT2D eigenvalue weighted by atomic mass is 16.3. The first-order valence-electron chi connectivity index (χ1n) is 6.43. The molecule has 102 valence electrons. The smallest absolute Gasteiger partial charge is 0.143 e. The van der Waals surface area contributed by atoms with Gasteiger partial charge in [0.25, 0.3) is 0 Å². The molecule has 0 radical (unpaired) electrons. The molecule has 1 unspecified atom stereocenters. The molecule has 0 saturated heterocycles. The molecule has 0 amide bonds. The van der Waals surface area contributed by atoms with Crippen molar-refractivity contribution in [1.29, 1.82) is 0 Å². The average Bonchev–Trinajstić information content (AvgIpc) is 2.50. The number of allylic oxidation sites excluding steroid dienone is 3. The van der Waals surface area contributed by atoms with E-state index in [2.05, 4.69) is 0 Å². The van der Waals surface area contributed by atoms with E-state index in [1.807, 2.05) is 26.0 Å². The highest BCUT2D eigenvalue weighted by molar-refractivity contribution is 5.66. The summed E-state index contributed by atoms with van der Waals surface area (Å²) in [6.45, 7) is 7.22. The van der Waals surface area contributed by atoms with Crippen molar-refractivity contribution in [2.45, 2.75) is 51.7 Å². The Morgan fingerprint density at radius 1 is 1.44 bits per heavy atom. The second kappa shape index (κ2) is 5.37. The van der Waals surface area contributed by atoms with Crippen molar-refractivity contribution in [3.8, 4) is 0 Å². The molecule has 1 fully saturated rings. The summed E-state index contributed by atoms with van der Waals surface area (Å²) in [6, 6.07) is 0. The lowest BCUT2D eigenvalue weighted by Crippen LogP contribution is -2.39. The predicted octanol–water partition coefficient (Wildman–Crippen LogP) is 2.24. The van der Waals surface area contributed by atoms with Gasteiger partial charge in [0.1, 0.15) is 6.29 Å². The summed E-state index contributed by atoms with van der Waals surface area (Å²) in [5, 5.41) is 20.6. The second-order valence-electron chi connectivity index (χ2n) is 6.09. The number of carbonyl (C=O) groups is 1. The molecule has 18 heavy (non-hydrogen) atoms. The van der Waals surface area contributed by atoms with E-state index in [0.717, 1.165) is 18.3 Å². The molecule has 2 N–H and O–H groups in total. The van der Waals surface area contributed by atoms with Gasteiger partial charge in [-0.05, 0) is 58.1 Å². The van der Waals surface area contributed by atoms with Crippen LogP contribution < -0.4 is 0 Å². The van der Waals surface area contributed by atoms with Gasteiger partial charge >= 0.3 is 0 Å². The molecule has 3 heteroatoms. The molecule has 0 bridgehead atoms. The van der Waals surface area contributed by atoms with Gasteiger partial charge in [-0.2, -0.15) is 0 Å². The number of aldehydes is 1. The van der Waals surface area contributed by atoms with Crippen LogP contribution in [0.2, 0.25) is 0 Å². The minimum atomic E-state index is -0.808. The quantitative estimate of drug-likeness (QED) is 0.458. The largest absolute Gasteiger partial charge is 0.390 e. The zero-order valence-corrected chi connectivity index (χ0v) is 11.7. The lowest BCUT2D eigenvalue weighted by molar-refractivity contribution is -0.104. The van der Waals surface area contributed by atoms with Gasteiger partial charge in [0.2, 0.25) is 0 Å². The van der Waals surface area contributed by atoms with Crippen molar-refractivity contribution >= 4 is 6.29 Å². The van der Waals surface area contributed by atoms with Crippen LogP contribution >= 0.6 is 0 Å². The van der Waals surface area contributed by atoms with Crippen molar-refractivity contribution in [3.05, 3.63) is 23.8 Å². The third-order valence-corrected chi connectivity index (χ3v) is 3.92. The minimum absolute atomic E-state index is 0.0350. The lowest BCUT2D eigenvalue weighted by Gasteiger charge is -2.33. The zero-order chi connectivity index (χ0) is 14.0. The van der Waals surface area contributed by atoms with E-state index in [9.17, 15) is 15.0 Å². The summed E-state index contributed by atoms with van der Waals surface area (Å²) < 4.78 is 0. The summed E-state index contributed by atoms with van der Waals surface area (Å²) in [6.07, 6.45) is 7.50. The molecular formula is C15H24O3. The number of hydrogen-bond donors (Lipinski definition) is 2. The van der Waals surface area contributed by atoms with Crippen LogP contribution in [0, 0.1) is 11.8 Å². The molecule has 1 aliphatic rings. The second-order valence-corrected chi connectivity index (χ2v) is 6.09. The Morgan fingerprint density at radius 3 is 2.56 bits per heavy atom. The maximum atomic E-state index is 10.4. The van der Waals surface area contributed by atoms with E-state index in [4.69, 9.17) is 0 Å². The van der Waals surface area contributed by atoms with Crippen molar-refractivity contribution < 1.29 is 15.0 Å². The summed E-state index contributed by atoms with van der Waals surface area (Å²) in [7, 11) is 0. The highest BCUT2D eigenvalue weighted by Crippen LogP contribution is 2.46. The van der Waals surface area contributed by atoms with Gasteiger partial charge in [-0.1, -0.05) is 12.2 Å². The Labute approximate surface area is 109 Å². The van der Waals surface area contributed by atoms with Gasteiger partial charge in [0.05, 0.1) is 11.2 Å². The van der Waals surface area contributed by atoms with E-state index in [0.29, 0.717) is 6.42 Å². The third-order valence-electron chi connectivity index (χ3n) is 3.92. The molecule has 0 aromatic rings. The zero-order valence-electron chi connectivity index (χ0n) is 11.7. The van der Waals surface area contributed by atoms with E-state index in [1.165, 1.54) is 6.08 Å². The average molecular weight is 252 g/mol. The van der Waals surface area contributed by atoms with Crippen LogP contribution in [-0.4, -0.2) is 27.7 Å². The predicted molar refractivity (Wildman–Crippen MR) is 72.1 cm³/mol. The van der Waals surface area contributed by atoms with Gasteiger partial charge in [-0.15, -0.1) is 0 Å². The Balaban J connectivity index is 2.93. The molecule has 3 nitrogen and oxygen atoms in total. The van der Waals surface area contributed by atoms with Crippen molar-refractivity contribution in [2.75, 3.05) is 0 Å². The Morgan fingerprint density at radius 2 is 2.06 bits per heavy atom. The van der Waals surface area contributed by atoms with Crippen molar-refractivity contribution in [3.63, 3.8) is 0 Å². The van der Waals surface area contributed by atoms with Crippen molar-refractivity contribution in [2.24, 2.45) is 11.8 Å². The van der Waals surface area contributed by atoms with Crippen LogP contribution in [0.25, 0.3) is 0 Å². The van der Waals surface area contributed by atoms with Gasteiger partial charge in [-0.3, -0.25) is 4.79 Å². The van der Waals surface area contributed by atoms with Gasteiger partial charge in [0.15, 0.2) is 0 Å². The highest BCUT2D eigenvalue weighted by Gasteiger charge is 2.47. The van der Waals surface area contributed by atoms with E-state index in [-0.39, 0.29) is 11.8 Å². The van der Waals surface area contributed by atoms with Crippen LogP contribution in [0.5, 0.6) is 0 Å². The molecule has 3 atom stereocenters. The lowest BCUT2D eigenvalue weighted by atomic mass is 9.78. The van der Waals surface area contributed by atoms with Crippen LogP contribution in [0.4, 0.5) is 0 Å². The number of aliphatic hydroxyl groups is 2. The number of hydrogen-bond acceptors (Lipinski definition) is 3. The molecule has 1 saturated carbocycles. The topological polar surface area (TPSA) is 57.5 Å². The maximum Gasteiger partial charge on any atom is 0.143 e. The first kappa shape index (κ1) is 15.1. The molecule has 0 aromatic carbocycles. The van der Waals surface area contributed by atoms with Gasteiger partial charge in [-0.25, -0.2) is 0 Å². The normalized spacial score (nSPS) is 34.2. The molecule has 1 rings (SSSR count). The van der Waals surface area contributed by atoms with Crippen LogP contribution in [0.15, 0.2) is 23.8 Å². The summed E-state index contributed by atoms with van der Waals surface area (Å²) >= 11 is 0. The maximum absolute atomic E-state index is 10.4. The first-order chi connectivity index (χ1) is 8.18. The molecule has 0 aromatic heterocycles. The fraction of sp³-hybridized carbons (Fsp3) is 0.667. The fourth-order valence-corrected chi connectivity index (χ4v) is 2.78. The van der Waals surface area contributed by atoms with E-state index >= 15 is 0 Å². The monoisotopic (exact) mass is 252 g/mol. The molecular weight excluding hydrogens is 228 g/mol. The SMILES string of the molecule is CC(/C=C/[C@@H]1C(C(C)(C)O)CC[C@]1(C)O)=C\C=O. The Bertz CT molecular complexity index is 358. The van der Waals surface area contributed by atoms with E-state index in [1.54, 1.807) is 13.8 Å². The third kappa shape index (κ3) is 3.53. The summed E-state index contributed by atoms with van der Waals surface area (Å²) in [4.78, 5) is 10.4. The van der Waals surface area contributed by atoms with Gasteiger partial charge in [0, 0.05) is 5.92 Å². The fourth-order valence-electron chi connectivity index (χ4n) is 2.78. The molecule has 1 aliphatic carbocycles. The molecule has 0 spiro atoms. The standard InChI is InChI=1S/C15H24O3/c1-11(8-10-16)5-6-13-12(14(2,3)17)7-9-15(13,4)18/h5-6,8,10,12-13,17-18H,7,9H2,1-4H3/b6-5+,11-8+/t12?,13-,15+/m1/s1. The molecule has 0 aliphatic heterocycles. The van der Waals surface area contributed by atoms with Crippen LogP contribution in [-0.2, 0) is 4.79 Å². The first-order valence-corrected chi connectivity index (χ1v) is 6.43. The van der Waals surface area contributed by atoms with E-state index < -0.39 is 11.2 Å². The van der Waals surface area contributed by atoms with Crippen molar-refractivity contribution in [1.82, 2.24) is 0 Å². The molecule has 0 heterocycles. The number of rotatable bonds is 4. The Hall–Kier alpha value is -0.930. The number of carbonyl (C=O) groups excluding carboxylic acids is 1.